The van der Waals surface area contributed by atoms with Gasteiger partial charge < -0.3 is 10.5 Å². The van der Waals surface area contributed by atoms with Crippen LogP contribution in [0.5, 0.6) is 0 Å². The fourth-order valence-electron chi connectivity index (χ4n) is 1.21. The minimum absolute atomic E-state index is 0.0391. The first kappa shape index (κ1) is 10.9. The van der Waals surface area contributed by atoms with Gasteiger partial charge in [-0.25, -0.2) is 13.1 Å². The quantitative estimate of drug-likeness (QED) is 0.610. The third-order valence-electron chi connectivity index (χ3n) is 1.89. The van der Waals surface area contributed by atoms with E-state index in [1.54, 1.807) is 0 Å². The highest BCUT2D eigenvalue weighted by atomic mass is 32.2. The number of hydrogen-bond donors (Lipinski definition) is 2. The Morgan fingerprint density at radius 1 is 1.54 bits per heavy atom. The Balaban J connectivity index is 2.32. The first-order chi connectivity index (χ1) is 6.14. The molecule has 13 heavy (non-hydrogen) atoms. The molecule has 1 aliphatic heterocycles. The highest BCUT2D eigenvalue weighted by Gasteiger charge is 2.21. The molecule has 0 bridgehead atoms. The Labute approximate surface area is 78.7 Å². The first-order valence-electron chi connectivity index (χ1n) is 4.42. The lowest BCUT2D eigenvalue weighted by Crippen LogP contribution is -2.37. The molecule has 1 rings (SSSR count). The monoisotopic (exact) mass is 208 g/mol. The van der Waals surface area contributed by atoms with Gasteiger partial charge in [0.25, 0.3) is 0 Å². The van der Waals surface area contributed by atoms with Crippen LogP contribution in [0.1, 0.15) is 12.8 Å². The second kappa shape index (κ2) is 4.90. The molecule has 0 saturated carbocycles. The lowest BCUT2D eigenvalue weighted by atomic mass is 10.3. The van der Waals surface area contributed by atoms with E-state index in [4.69, 9.17) is 10.5 Å². The summed E-state index contributed by atoms with van der Waals surface area (Å²) in [5.41, 5.74) is 5.23. The number of nitrogens with two attached hydrogens (primary N) is 1. The summed E-state index contributed by atoms with van der Waals surface area (Å²) in [5.74, 6) is 0.111. The number of nitrogens with one attached hydrogen (secondary N) is 1. The first-order valence-corrected chi connectivity index (χ1v) is 6.07. The average molecular weight is 208 g/mol. The van der Waals surface area contributed by atoms with Crippen molar-refractivity contribution in [2.24, 2.45) is 5.73 Å². The Morgan fingerprint density at radius 2 is 2.31 bits per heavy atom. The molecule has 1 aliphatic rings. The maximum atomic E-state index is 11.3. The maximum absolute atomic E-state index is 11.3. The van der Waals surface area contributed by atoms with Crippen LogP contribution in [0.3, 0.4) is 0 Å². The number of rotatable bonds is 5. The Morgan fingerprint density at radius 3 is 2.85 bits per heavy atom. The van der Waals surface area contributed by atoms with E-state index in [-0.39, 0.29) is 11.8 Å². The normalized spacial score (nSPS) is 23.6. The summed E-state index contributed by atoms with van der Waals surface area (Å²) in [6.45, 7) is 1.54. The highest BCUT2D eigenvalue weighted by Crippen LogP contribution is 2.05. The number of hydrogen-bond acceptors (Lipinski definition) is 4. The largest absolute Gasteiger partial charge is 0.380 e. The van der Waals surface area contributed by atoms with E-state index < -0.39 is 10.0 Å². The van der Waals surface area contributed by atoms with Gasteiger partial charge in [0.2, 0.25) is 10.0 Å². The summed E-state index contributed by atoms with van der Waals surface area (Å²) < 4.78 is 30.3. The van der Waals surface area contributed by atoms with Crippen LogP contribution in [-0.2, 0) is 14.8 Å². The van der Waals surface area contributed by atoms with Crippen LogP contribution in [0.25, 0.3) is 0 Å². The van der Waals surface area contributed by atoms with E-state index in [0.717, 1.165) is 6.42 Å². The van der Waals surface area contributed by atoms with Crippen molar-refractivity contribution >= 4 is 10.0 Å². The van der Waals surface area contributed by atoms with Gasteiger partial charge in [-0.1, -0.05) is 0 Å². The maximum Gasteiger partial charge on any atom is 0.211 e. The molecule has 5 nitrogen and oxygen atoms in total. The van der Waals surface area contributed by atoms with E-state index in [9.17, 15) is 8.42 Å². The minimum atomic E-state index is -3.14. The molecule has 0 radical (unpaired) electrons. The second-order valence-corrected chi connectivity index (χ2v) is 5.01. The minimum Gasteiger partial charge on any atom is -0.380 e. The molecule has 0 amide bonds. The van der Waals surface area contributed by atoms with Crippen LogP contribution in [0.2, 0.25) is 0 Å². The molecule has 0 aromatic heterocycles. The molecule has 1 fully saturated rings. The van der Waals surface area contributed by atoms with Crippen LogP contribution in [0.4, 0.5) is 0 Å². The van der Waals surface area contributed by atoms with Gasteiger partial charge in [-0.3, -0.25) is 0 Å². The standard InChI is InChI=1S/C7H16N2O3S/c8-3-1-5-13(10,11)9-7-2-4-12-6-7/h7,9H,1-6,8H2. The molecule has 0 aliphatic carbocycles. The molecule has 0 spiro atoms. The van der Waals surface area contributed by atoms with Crippen molar-refractivity contribution in [3.63, 3.8) is 0 Å². The van der Waals surface area contributed by atoms with Crippen molar-refractivity contribution in [1.29, 1.82) is 0 Å². The fourth-order valence-corrected chi connectivity index (χ4v) is 2.57. The van der Waals surface area contributed by atoms with Crippen molar-refractivity contribution in [2.75, 3.05) is 25.5 Å². The third kappa shape index (κ3) is 4.04. The Hall–Kier alpha value is -0.170. The summed E-state index contributed by atoms with van der Waals surface area (Å²) in [4.78, 5) is 0. The van der Waals surface area contributed by atoms with E-state index in [1.165, 1.54) is 0 Å². The van der Waals surface area contributed by atoms with Gasteiger partial charge in [0, 0.05) is 12.6 Å². The summed E-state index contributed by atoms with van der Waals surface area (Å²) in [6, 6.07) is -0.0391. The van der Waals surface area contributed by atoms with Crippen LogP contribution < -0.4 is 10.5 Å². The van der Waals surface area contributed by atoms with Gasteiger partial charge in [-0.05, 0) is 19.4 Å². The molecular weight excluding hydrogens is 192 g/mol. The van der Waals surface area contributed by atoms with Crippen LogP contribution in [0.15, 0.2) is 0 Å². The molecule has 0 aromatic carbocycles. The zero-order chi connectivity index (χ0) is 9.73. The van der Waals surface area contributed by atoms with Crippen LogP contribution >= 0.6 is 0 Å². The van der Waals surface area contributed by atoms with Crippen molar-refractivity contribution in [2.45, 2.75) is 18.9 Å². The molecule has 1 saturated heterocycles. The van der Waals surface area contributed by atoms with E-state index in [0.29, 0.717) is 26.2 Å². The lowest BCUT2D eigenvalue weighted by Gasteiger charge is -2.10. The fraction of sp³-hybridized carbons (Fsp3) is 1.00. The summed E-state index contributed by atoms with van der Waals surface area (Å²) >= 11 is 0. The van der Waals surface area contributed by atoms with Crippen molar-refractivity contribution < 1.29 is 13.2 Å². The predicted molar refractivity (Wildman–Crippen MR) is 49.8 cm³/mol. The second-order valence-electron chi connectivity index (χ2n) is 3.14. The van der Waals surface area contributed by atoms with E-state index >= 15 is 0 Å². The van der Waals surface area contributed by atoms with Gasteiger partial charge >= 0.3 is 0 Å². The van der Waals surface area contributed by atoms with Gasteiger partial charge in [0.15, 0.2) is 0 Å². The molecule has 0 aromatic rings. The smallest absolute Gasteiger partial charge is 0.211 e. The van der Waals surface area contributed by atoms with E-state index in [1.807, 2.05) is 0 Å². The van der Waals surface area contributed by atoms with Gasteiger partial charge in [0.05, 0.1) is 12.4 Å². The zero-order valence-corrected chi connectivity index (χ0v) is 8.35. The average Bonchev–Trinajstić information content (AvgIpc) is 2.52. The predicted octanol–water partition coefficient (Wildman–Crippen LogP) is -0.956. The molecule has 1 heterocycles. The van der Waals surface area contributed by atoms with Crippen molar-refractivity contribution in [1.82, 2.24) is 4.72 Å². The molecule has 3 N–H and O–H groups in total. The van der Waals surface area contributed by atoms with Crippen LogP contribution in [-0.4, -0.2) is 40.0 Å². The summed E-state index contributed by atoms with van der Waals surface area (Å²) in [7, 11) is -3.14. The molecular formula is C7H16N2O3S. The number of sulfonamides is 1. The van der Waals surface area contributed by atoms with Gasteiger partial charge in [0.1, 0.15) is 0 Å². The molecule has 1 atom stereocenters. The topological polar surface area (TPSA) is 81.4 Å². The van der Waals surface area contributed by atoms with Crippen LogP contribution in [0, 0.1) is 0 Å². The highest BCUT2D eigenvalue weighted by molar-refractivity contribution is 7.89. The molecule has 1 unspecified atom stereocenters. The molecule has 78 valence electrons. The van der Waals surface area contributed by atoms with Gasteiger partial charge in [-0.2, -0.15) is 0 Å². The Bertz CT molecular complexity index is 234. The molecule has 6 heteroatoms. The van der Waals surface area contributed by atoms with Gasteiger partial charge in [-0.15, -0.1) is 0 Å². The third-order valence-corrected chi connectivity index (χ3v) is 3.41. The number of ether oxygens (including phenoxy) is 1. The summed E-state index contributed by atoms with van der Waals surface area (Å²) in [6.07, 6.45) is 1.27. The zero-order valence-electron chi connectivity index (χ0n) is 7.53. The SMILES string of the molecule is NCCCS(=O)(=O)NC1CCOC1. The Kier molecular flexibility index (Phi) is 4.11. The lowest BCUT2D eigenvalue weighted by molar-refractivity contribution is 0.192. The van der Waals surface area contributed by atoms with E-state index in [2.05, 4.69) is 4.72 Å². The van der Waals surface area contributed by atoms with Crippen molar-refractivity contribution in [3.8, 4) is 0 Å². The summed E-state index contributed by atoms with van der Waals surface area (Å²) in [5, 5.41) is 0. The van der Waals surface area contributed by atoms with Crippen molar-refractivity contribution in [3.05, 3.63) is 0 Å².